The maximum absolute atomic E-state index is 12.7. The smallest absolute Gasteiger partial charge is 0.327 e. The second-order valence-electron chi connectivity index (χ2n) is 6.65. The Balaban J connectivity index is 1.95. The normalized spacial score (nSPS) is 14.1. The van der Waals surface area contributed by atoms with E-state index in [4.69, 9.17) is 0 Å². The molecule has 1 heterocycles. The van der Waals surface area contributed by atoms with E-state index in [0.29, 0.717) is 11.3 Å². The molecule has 0 fully saturated rings. The Morgan fingerprint density at radius 2 is 1.41 bits per heavy atom. The number of hydrogen-bond donors (Lipinski definition) is 3. The summed E-state index contributed by atoms with van der Waals surface area (Å²) in [4.78, 5) is 40.0. The van der Waals surface area contributed by atoms with E-state index in [9.17, 15) is 29.7 Å². The highest BCUT2D eigenvalue weighted by molar-refractivity contribution is 6.22. The van der Waals surface area contributed by atoms with Gasteiger partial charge in [0.25, 0.3) is 11.8 Å². The number of aliphatic carboxylic acids is 1. The van der Waals surface area contributed by atoms with E-state index < -0.39 is 23.8 Å². The van der Waals surface area contributed by atoms with Crippen LogP contribution in [0.3, 0.4) is 0 Å². The van der Waals surface area contributed by atoms with Crippen molar-refractivity contribution in [1.82, 2.24) is 4.90 Å². The number of nitrogens with zero attached hydrogens (tertiary/aromatic N) is 2. The zero-order chi connectivity index (χ0) is 21.0. The minimum atomic E-state index is -1.38. The molecule has 0 aliphatic carbocycles. The van der Waals surface area contributed by atoms with Gasteiger partial charge in [0.15, 0.2) is 0 Å². The van der Waals surface area contributed by atoms with E-state index in [0.717, 1.165) is 4.90 Å². The number of fused-ring (bicyclic) bond motifs is 1. The molecule has 3 N–H and O–H groups in total. The van der Waals surface area contributed by atoms with Gasteiger partial charge in [-0.25, -0.2) is 4.79 Å². The molecule has 8 heteroatoms. The minimum Gasteiger partial charge on any atom is -0.480 e. The van der Waals surface area contributed by atoms with Gasteiger partial charge in [-0.2, -0.15) is 0 Å². The first-order valence-electron chi connectivity index (χ1n) is 9.24. The molecule has 29 heavy (non-hydrogen) atoms. The van der Waals surface area contributed by atoms with E-state index in [1.54, 1.807) is 41.3 Å². The molecule has 2 aromatic rings. The molecule has 8 nitrogen and oxygen atoms in total. The molecule has 0 bridgehead atoms. The highest BCUT2D eigenvalue weighted by Crippen LogP contribution is 2.28. The third-order valence-electron chi connectivity index (χ3n) is 4.91. The minimum absolute atomic E-state index is 0.0929. The Bertz CT molecular complexity index is 888. The van der Waals surface area contributed by atoms with Crippen LogP contribution in [0.15, 0.2) is 48.5 Å². The summed E-state index contributed by atoms with van der Waals surface area (Å²) in [6.07, 6.45) is -0.0929. The third-order valence-corrected chi connectivity index (χ3v) is 4.91. The van der Waals surface area contributed by atoms with Gasteiger partial charge in [0.1, 0.15) is 6.04 Å². The molecule has 0 saturated carbocycles. The predicted molar refractivity (Wildman–Crippen MR) is 105 cm³/mol. The number of anilines is 1. The van der Waals surface area contributed by atoms with Gasteiger partial charge in [0.2, 0.25) is 0 Å². The van der Waals surface area contributed by atoms with Crippen LogP contribution in [0.25, 0.3) is 0 Å². The first kappa shape index (κ1) is 20.5. The Kier molecular flexibility index (Phi) is 6.26. The Morgan fingerprint density at radius 3 is 1.93 bits per heavy atom. The van der Waals surface area contributed by atoms with Gasteiger partial charge >= 0.3 is 5.97 Å². The zero-order valence-electron chi connectivity index (χ0n) is 15.7. The van der Waals surface area contributed by atoms with E-state index in [1.807, 2.05) is 0 Å². The summed E-state index contributed by atoms with van der Waals surface area (Å²) in [6.45, 7) is 0.217. The number of benzene rings is 2. The van der Waals surface area contributed by atoms with Gasteiger partial charge in [-0.1, -0.05) is 30.3 Å². The largest absolute Gasteiger partial charge is 0.480 e. The van der Waals surface area contributed by atoms with Gasteiger partial charge in [0.05, 0.1) is 24.3 Å². The van der Waals surface area contributed by atoms with Crippen LogP contribution in [-0.2, 0) is 11.2 Å². The monoisotopic (exact) mass is 398 g/mol. The molecule has 2 aromatic carbocycles. The van der Waals surface area contributed by atoms with Crippen LogP contribution in [0.5, 0.6) is 0 Å². The van der Waals surface area contributed by atoms with Crippen molar-refractivity contribution in [3.8, 4) is 0 Å². The summed E-state index contributed by atoms with van der Waals surface area (Å²) >= 11 is 0. The average molecular weight is 398 g/mol. The SMILES string of the molecule is O=C(O)[C@H](Cc1ccccc1N(CCO)CCO)N1C(=O)c2ccccc2C1=O. The topological polar surface area (TPSA) is 118 Å². The summed E-state index contributed by atoms with van der Waals surface area (Å²) < 4.78 is 0. The first-order valence-corrected chi connectivity index (χ1v) is 9.24. The quantitative estimate of drug-likeness (QED) is 0.534. The second-order valence-corrected chi connectivity index (χ2v) is 6.65. The van der Waals surface area contributed by atoms with E-state index in [2.05, 4.69) is 0 Å². The summed E-state index contributed by atoms with van der Waals surface area (Å²) in [6, 6.07) is 11.8. The lowest BCUT2D eigenvalue weighted by atomic mass is 10.0. The van der Waals surface area contributed by atoms with Crippen molar-refractivity contribution in [3.05, 3.63) is 65.2 Å². The summed E-state index contributed by atoms with van der Waals surface area (Å²) in [7, 11) is 0. The van der Waals surface area contributed by atoms with Crippen molar-refractivity contribution in [2.45, 2.75) is 12.5 Å². The molecule has 3 rings (SSSR count). The number of aliphatic hydroxyl groups is 2. The molecule has 1 aliphatic heterocycles. The molecule has 2 amide bonds. The summed E-state index contributed by atoms with van der Waals surface area (Å²) in [5.41, 5.74) is 1.62. The van der Waals surface area contributed by atoms with Crippen molar-refractivity contribution in [2.75, 3.05) is 31.2 Å². The zero-order valence-corrected chi connectivity index (χ0v) is 15.7. The number of carbonyl (C=O) groups excluding carboxylic acids is 2. The van der Waals surface area contributed by atoms with E-state index >= 15 is 0 Å². The molecule has 0 unspecified atom stereocenters. The molecule has 1 aliphatic rings. The average Bonchev–Trinajstić information content (AvgIpc) is 2.97. The number of hydrogen-bond acceptors (Lipinski definition) is 6. The van der Waals surface area contributed by atoms with Gasteiger partial charge in [-0.05, 0) is 23.8 Å². The summed E-state index contributed by atoms with van der Waals surface area (Å²) in [5.74, 6) is -2.54. The molecule has 0 radical (unpaired) electrons. The predicted octanol–water partition coefficient (Wildman–Crippen LogP) is 0.770. The van der Waals surface area contributed by atoms with E-state index in [-0.39, 0.29) is 43.9 Å². The van der Waals surface area contributed by atoms with Crippen molar-refractivity contribution < 1.29 is 29.7 Å². The fourth-order valence-electron chi connectivity index (χ4n) is 3.57. The number of carbonyl (C=O) groups is 3. The van der Waals surface area contributed by atoms with Crippen LogP contribution >= 0.6 is 0 Å². The number of imide groups is 1. The van der Waals surface area contributed by atoms with Gasteiger partial charge < -0.3 is 20.2 Å². The Labute approximate surface area is 167 Å². The van der Waals surface area contributed by atoms with Crippen molar-refractivity contribution in [2.24, 2.45) is 0 Å². The second kappa shape index (κ2) is 8.85. The van der Waals surface area contributed by atoms with Gasteiger partial charge in [-0.15, -0.1) is 0 Å². The van der Waals surface area contributed by atoms with Crippen LogP contribution in [0.2, 0.25) is 0 Å². The third kappa shape index (κ3) is 3.98. The molecular formula is C21H22N2O6. The highest BCUT2D eigenvalue weighted by Gasteiger charge is 2.43. The van der Waals surface area contributed by atoms with Crippen LogP contribution in [0.4, 0.5) is 5.69 Å². The van der Waals surface area contributed by atoms with E-state index in [1.165, 1.54) is 12.1 Å². The standard InChI is InChI=1S/C21H22N2O6/c24-11-9-22(10-12-25)17-8-4-1-5-14(17)13-18(21(28)29)23-19(26)15-6-2-3-7-16(15)20(23)27/h1-8,18,24-25H,9-13H2,(H,28,29)/t18-/m0/s1. The van der Waals surface area contributed by atoms with Gasteiger partial charge in [0, 0.05) is 25.2 Å². The Morgan fingerprint density at radius 1 is 0.897 bits per heavy atom. The lowest BCUT2D eigenvalue weighted by molar-refractivity contribution is -0.141. The molecule has 0 saturated heterocycles. The fourth-order valence-corrected chi connectivity index (χ4v) is 3.57. The molecular weight excluding hydrogens is 376 g/mol. The molecule has 1 atom stereocenters. The number of carboxylic acid groups (broad SMARTS) is 1. The fraction of sp³-hybridized carbons (Fsp3) is 0.286. The maximum Gasteiger partial charge on any atom is 0.327 e. The number of para-hydroxylation sites is 1. The van der Waals surface area contributed by atoms with Gasteiger partial charge in [-0.3, -0.25) is 14.5 Å². The first-order chi connectivity index (χ1) is 14.0. The van der Waals surface area contributed by atoms with Crippen LogP contribution in [0, 0.1) is 0 Å². The maximum atomic E-state index is 12.7. The summed E-state index contributed by atoms with van der Waals surface area (Å²) in [5, 5.41) is 28.4. The molecule has 0 aromatic heterocycles. The number of rotatable bonds is 9. The van der Waals surface area contributed by atoms with Crippen molar-refractivity contribution >= 4 is 23.5 Å². The van der Waals surface area contributed by atoms with Crippen LogP contribution < -0.4 is 4.90 Å². The van der Waals surface area contributed by atoms with Crippen molar-refractivity contribution in [3.63, 3.8) is 0 Å². The number of amides is 2. The lowest BCUT2D eigenvalue weighted by Crippen LogP contribution is -2.46. The molecule has 152 valence electrons. The number of aliphatic hydroxyl groups excluding tert-OH is 2. The number of carboxylic acids is 1. The Hall–Kier alpha value is -3.23. The molecule has 0 spiro atoms. The van der Waals surface area contributed by atoms with Crippen LogP contribution in [0.1, 0.15) is 26.3 Å². The highest BCUT2D eigenvalue weighted by atomic mass is 16.4. The van der Waals surface area contributed by atoms with Crippen LogP contribution in [-0.4, -0.2) is 70.3 Å². The van der Waals surface area contributed by atoms with Crippen molar-refractivity contribution in [1.29, 1.82) is 0 Å². The lowest BCUT2D eigenvalue weighted by Gasteiger charge is -2.28.